The van der Waals surface area contributed by atoms with Gasteiger partial charge in [-0.25, -0.2) is 14.8 Å². The lowest BCUT2D eigenvalue weighted by molar-refractivity contribution is 0.0526. The molecular weight excluding hydrogens is 320 g/mol. The molecule has 2 aromatic heterocycles. The average molecular weight is 336 g/mol. The van der Waals surface area contributed by atoms with E-state index in [1.165, 1.54) is 6.20 Å². The quantitative estimate of drug-likeness (QED) is 0.724. The van der Waals surface area contributed by atoms with Crippen molar-refractivity contribution in [3.63, 3.8) is 0 Å². The van der Waals surface area contributed by atoms with Crippen molar-refractivity contribution in [2.45, 2.75) is 6.92 Å². The molecule has 7 heteroatoms. The van der Waals surface area contributed by atoms with Crippen LogP contribution >= 0.6 is 0 Å². The van der Waals surface area contributed by atoms with E-state index in [0.717, 1.165) is 0 Å². The van der Waals surface area contributed by atoms with E-state index < -0.39 is 0 Å². The number of aromatic nitrogens is 3. The minimum absolute atomic E-state index is 0.284. The Kier molecular flexibility index (Phi) is 4.84. The summed E-state index contributed by atoms with van der Waals surface area (Å²) in [6.07, 6.45) is 6.56. The third kappa shape index (κ3) is 3.89. The molecule has 0 saturated carbocycles. The Morgan fingerprint density at radius 3 is 2.48 bits per heavy atom. The van der Waals surface area contributed by atoms with Gasteiger partial charge in [-0.3, -0.25) is 9.36 Å². The van der Waals surface area contributed by atoms with Crippen LogP contribution in [0, 0.1) is 0 Å². The second-order valence-electron chi connectivity index (χ2n) is 5.13. The van der Waals surface area contributed by atoms with E-state index in [2.05, 4.69) is 15.3 Å². The number of hydrogen-bond acceptors (Lipinski definition) is 5. The van der Waals surface area contributed by atoms with Crippen LogP contribution < -0.4 is 5.32 Å². The van der Waals surface area contributed by atoms with Gasteiger partial charge in [-0.15, -0.1) is 0 Å². The van der Waals surface area contributed by atoms with Crippen LogP contribution in [0.5, 0.6) is 0 Å². The molecule has 25 heavy (non-hydrogen) atoms. The maximum absolute atomic E-state index is 12.3. The van der Waals surface area contributed by atoms with Crippen molar-refractivity contribution in [1.29, 1.82) is 0 Å². The molecule has 7 nitrogen and oxygen atoms in total. The van der Waals surface area contributed by atoms with Crippen molar-refractivity contribution in [2.75, 3.05) is 11.9 Å². The highest BCUT2D eigenvalue weighted by molar-refractivity contribution is 6.04. The molecule has 0 atom stereocenters. The summed E-state index contributed by atoms with van der Waals surface area (Å²) in [5, 5.41) is 2.76. The zero-order chi connectivity index (χ0) is 17.6. The van der Waals surface area contributed by atoms with Gasteiger partial charge in [0.25, 0.3) is 5.91 Å². The number of ether oxygens (including phenoxy) is 1. The number of carbonyl (C=O) groups excluding carboxylic acids is 2. The van der Waals surface area contributed by atoms with Crippen molar-refractivity contribution in [3.8, 4) is 5.82 Å². The molecule has 0 radical (unpaired) electrons. The summed E-state index contributed by atoms with van der Waals surface area (Å²) >= 11 is 0. The first-order chi connectivity index (χ1) is 12.2. The molecule has 3 aromatic rings. The summed E-state index contributed by atoms with van der Waals surface area (Å²) in [6.45, 7) is 2.07. The number of benzene rings is 1. The third-order valence-corrected chi connectivity index (χ3v) is 3.43. The number of imidazole rings is 1. The molecule has 0 saturated heterocycles. The molecule has 1 N–H and O–H groups in total. The molecule has 0 spiro atoms. The summed E-state index contributed by atoms with van der Waals surface area (Å²) < 4.78 is 6.66. The Balaban J connectivity index is 1.66. The molecule has 0 aliphatic carbocycles. The largest absolute Gasteiger partial charge is 0.462 e. The van der Waals surface area contributed by atoms with Gasteiger partial charge >= 0.3 is 5.97 Å². The Bertz CT molecular complexity index is 856. The molecule has 0 unspecified atom stereocenters. The number of rotatable bonds is 5. The van der Waals surface area contributed by atoms with Crippen LogP contribution in [0.25, 0.3) is 5.82 Å². The lowest BCUT2D eigenvalue weighted by Crippen LogP contribution is -2.13. The van der Waals surface area contributed by atoms with Crippen molar-refractivity contribution in [3.05, 3.63) is 72.4 Å². The van der Waals surface area contributed by atoms with E-state index in [4.69, 9.17) is 4.74 Å². The number of anilines is 1. The van der Waals surface area contributed by atoms with Gasteiger partial charge in [-0.05, 0) is 43.3 Å². The van der Waals surface area contributed by atoms with Crippen LogP contribution in [0.15, 0.2) is 61.3 Å². The highest BCUT2D eigenvalue weighted by Crippen LogP contribution is 2.13. The number of carbonyl (C=O) groups is 2. The predicted molar refractivity (Wildman–Crippen MR) is 91.7 cm³/mol. The van der Waals surface area contributed by atoms with Gasteiger partial charge < -0.3 is 10.1 Å². The summed E-state index contributed by atoms with van der Waals surface area (Å²) in [5.41, 5.74) is 1.45. The van der Waals surface area contributed by atoms with Gasteiger partial charge in [-0.1, -0.05) is 0 Å². The third-order valence-electron chi connectivity index (χ3n) is 3.43. The fraction of sp³-hybridized carbons (Fsp3) is 0.111. The number of pyridine rings is 1. The van der Waals surface area contributed by atoms with Crippen LogP contribution in [-0.4, -0.2) is 33.0 Å². The first-order valence-corrected chi connectivity index (χ1v) is 7.70. The van der Waals surface area contributed by atoms with Crippen LogP contribution in [0.1, 0.15) is 27.6 Å². The maximum Gasteiger partial charge on any atom is 0.338 e. The summed E-state index contributed by atoms with van der Waals surface area (Å²) in [5.74, 6) is 0.000993. The van der Waals surface area contributed by atoms with E-state index in [0.29, 0.717) is 29.2 Å². The molecule has 1 aromatic carbocycles. The van der Waals surface area contributed by atoms with Gasteiger partial charge in [-0.2, -0.15) is 0 Å². The van der Waals surface area contributed by atoms with Gasteiger partial charge in [0.15, 0.2) is 0 Å². The summed E-state index contributed by atoms with van der Waals surface area (Å²) in [6, 6.07) is 9.93. The molecule has 126 valence electrons. The zero-order valence-electron chi connectivity index (χ0n) is 13.5. The summed E-state index contributed by atoms with van der Waals surface area (Å²) in [7, 11) is 0. The van der Waals surface area contributed by atoms with E-state index in [9.17, 15) is 9.59 Å². The number of hydrogen-bond donors (Lipinski definition) is 1. The zero-order valence-corrected chi connectivity index (χ0v) is 13.5. The van der Waals surface area contributed by atoms with Crippen LogP contribution in [0.4, 0.5) is 5.69 Å². The molecule has 0 aliphatic heterocycles. The second kappa shape index (κ2) is 7.39. The molecule has 2 heterocycles. The standard InChI is InChI=1S/C18H16N4O3/c1-2-25-18(24)13-3-6-15(7-4-13)21-17(23)14-5-8-16(20-11-14)22-10-9-19-12-22/h3-12H,2H2,1H3,(H,21,23). The molecule has 1 amide bonds. The molecular formula is C18H16N4O3. The van der Waals surface area contributed by atoms with Crippen molar-refractivity contribution in [1.82, 2.24) is 14.5 Å². The average Bonchev–Trinajstić information content (AvgIpc) is 3.17. The first-order valence-electron chi connectivity index (χ1n) is 7.70. The number of nitrogens with zero attached hydrogens (tertiary/aromatic N) is 3. The monoisotopic (exact) mass is 336 g/mol. The fourth-order valence-corrected chi connectivity index (χ4v) is 2.18. The normalized spacial score (nSPS) is 10.3. The molecule has 3 rings (SSSR count). The highest BCUT2D eigenvalue weighted by atomic mass is 16.5. The van der Waals surface area contributed by atoms with E-state index in [-0.39, 0.29) is 11.9 Å². The molecule has 0 aliphatic rings. The Labute approximate surface area is 144 Å². The van der Waals surface area contributed by atoms with Gasteiger partial charge in [0.05, 0.1) is 17.7 Å². The Morgan fingerprint density at radius 2 is 1.88 bits per heavy atom. The number of amides is 1. The second-order valence-corrected chi connectivity index (χ2v) is 5.13. The van der Waals surface area contributed by atoms with Crippen molar-refractivity contribution >= 4 is 17.6 Å². The van der Waals surface area contributed by atoms with Gasteiger partial charge in [0.1, 0.15) is 12.1 Å². The van der Waals surface area contributed by atoms with Crippen molar-refractivity contribution in [2.24, 2.45) is 0 Å². The van der Waals surface area contributed by atoms with Crippen LogP contribution in [0.2, 0.25) is 0 Å². The SMILES string of the molecule is CCOC(=O)c1ccc(NC(=O)c2ccc(-n3ccnc3)nc2)cc1. The topological polar surface area (TPSA) is 86.1 Å². The minimum Gasteiger partial charge on any atom is -0.462 e. The Morgan fingerprint density at radius 1 is 1.12 bits per heavy atom. The highest BCUT2D eigenvalue weighted by Gasteiger charge is 2.09. The number of nitrogens with one attached hydrogen (secondary N) is 1. The summed E-state index contributed by atoms with van der Waals surface area (Å²) in [4.78, 5) is 32.1. The Hall–Kier alpha value is -3.48. The van der Waals surface area contributed by atoms with Crippen LogP contribution in [-0.2, 0) is 4.74 Å². The fourth-order valence-electron chi connectivity index (χ4n) is 2.18. The number of esters is 1. The lowest BCUT2D eigenvalue weighted by atomic mass is 10.2. The minimum atomic E-state index is -0.389. The smallest absolute Gasteiger partial charge is 0.338 e. The van der Waals surface area contributed by atoms with E-state index in [1.807, 2.05) is 0 Å². The van der Waals surface area contributed by atoms with Crippen molar-refractivity contribution < 1.29 is 14.3 Å². The van der Waals surface area contributed by atoms with Gasteiger partial charge in [0.2, 0.25) is 0 Å². The van der Waals surface area contributed by atoms with Gasteiger partial charge in [0, 0.05) is 24.3 Å². The van der Waals surface area contributed by atoms with E-state index in [1.54, 1.807) is 66.6 Å². The predicted octanol–water partition coefficient (Wildman–Crippen LogP) is 2.70. The van der Waals surface area contributed by atoms with E-state index >= 15 is 0 Å². The molecule has 0 bridgehead atoms. The first kappa shape index (κ1) is 16.4. The van der Waals surface area contributed by atoms with Crippen LogP contribution in [0.3, 0.4) is 0 Å². The maximum atomic E-state index is 12.3. The lowest BCUT2D eigenvalue weighted by Gasteiger charge is -2.07. The molecule has 0 fully saturated rings.